The van der Waals surface area contributed by atoms with Crippen molar-refractivity contribution in [1.29, 1.82) is 0 Å². The molecule has 2 atom stereocenters. The van der Waals surface area contributed by atoms with Crippen LogP contribution in [0.1, 0.15) is 84.5 Å². The van der Waals surface area contributed by atoms with Crippen LogP contribution < -0.4 is 5.32 Å². The summed E-state index contributed by atoms with van der Waals surface area (Å²) in [7, 11) is 0. The van der Waals surface area contributed by atoms with Crippen molar-refractivity contribution in [2.75, 3.05) is 19.6 Å². The van der Waals surface area contributed by atoms with Crippen LogP contribution in [0.3, 0.4) is 0 Å². The Morgan fingerprint density at radius 3 is 2.43 bits per heavy atom. The maximum absolute atomic E-state index is 3.89. The van der Waals surface area contributed by atoms with Crippen molar-refractivity contribution in [2.24, 2.45) is 5.92 Å². The molecule has 21 heavy (non-hydrogen) atoms. The second kappa shape index (κ2) is 9.84. The second-order valence-electron chi connectivity index (χ2n) is 7.38. The molecule has 0 spiro atoms. The lowest BCUT2D eigenvalue weighted by atomic mass is 9.82. The molecule has 0 amide bonds. The van der Waals surface area contributed by atoms with Crippen molar-refractivity contribution in [3.8, 4) is 0 Å². The molecule has 0 aromatic carbocycles. The molecule has 2 unspecified atom stereocenters. The number of nitrogens with one attached hydrogen (secondary N) is 1. The van der Waals surface area contributed by atoms with Gasteiger partial charge < -0.3 is 5.32 Å². The number of piperazine rings is 1. The van der Waals surface area contributed by atoms with E-state index < -0.39 is 0 Å². The largest absolute Gasteiger partial charge is 0.311 e. The van der Waals surface area contributed by atoms with Crippen LogP contribution in [0.4, 0.5) is 0 Å². The number of hydrogen-bond donors (Lipinski definition) is 1. The molecule has 124 valence electrons. The smallest absolute Gasteiger partial charge is 0.0224 e. The average molecular weight is 295 g/mol. The Kier molecular flexibility index (Phi) is 8.10. The summed E-state index contributed by atoms with van der Waals surface area (Å²) >= 11 is 0. The summed E-state index contributed by atoms with van der Waals surface area (Å²) in [5, 5.41) is 3.89. The summed E-state index contributed by atoms with van der Waals surface area (Å²) in [4.78, 5) is 2.82. The van der Waals surface area contributed by atoms with Gasteiger partial charge in [-0.1, -0.05) is 58.8 Å². The second-order valence-corrected chi connectivity index (χ2v) is 7.38. The zero-order valence-electron chi connectivity index (χ0n) is 14.6. The molecular weight excluding hydrogens is 256 g/mol. The lowest BCUT2D eigenvalue weighted by Crippen LogP contribution is -2.58. The zero-order chi connectivity index (χ0) is 14.9. The van der Waals surface area contributed by atoms with Gasteiger partial charge in [0.05, 0.1) is 0 Å². The van der Waals surface area contributed by atoms with Gasteiger partial charge in [0.25, 0.3) is 0 Å². The highest BCUT2D eigenvalue weighted by molar-refractivity contribution is 4.90. The van der Waals surface area contributed by atoms with Crippen molar-refractivity contribution < 1.29 is 0 Å². The maximum atomic E-state index is 3.89. The first-order valence-corrected chi connectivity index (χ1v) is 9.82. The molecule has 2 nitrogen and oxygen atoms in total. The molecule has 2 fully saturated rings. The van der Waals surface area contributed by atoms with Crippen LogP contribution in [0.15, 0.2) is 0 Å². The molecule has 1 aliphatic carbocycles. The Labute approximate surface area is 133 Å². The molecule has 1 heterocycles. The Morgan fingerprint density at radius 2 is 1.71 bits per heavy atom. The summed E-state index contributed by atoms with van der Waals surface area (Å²) in [6, 6.07) is 1.57. The Hall–Kier alpha value is -0.0800. The first kappa shape index (κ1) is 17.3. The van der Waals surface area contributed by atoms with Crippen LogP contribution in [-0.2, 0) is 0 Å². The van der Waals surface area contributed by atoms with E-state index in [-0.39, 0.29) is 0 Å². The maximum Gasteiger partial charge on any atom is 0.0224 e. The molecule has 0 bridgehead atoms. The van der Waals surface area contributed by atoms with Crippen LogP contribution in [0.5, 0.6) is 0 Å². The third-order valence-electron chi connectivity index (χ3n) is 5.80. The predicted molar refractivity (Wildman–Crippen MR) is 92.8 cm³/mol. The zero-order valence-corrected chi connectivity index (χ0v) is 14.6. The quantitative estimate of drug-likeness (QED) is 0.659. The fourth-order valence-electron chi connectivity index (χ4n) is 4.33. The number of unbranched alkanes of at least 4 members (excludes halogenated alkanes) is 4. The number of nitrogens with zero attached hydrogens (tertiary/aromatic N) is 1. The third-order valence-corrected chi connectivity index (χ3v) is 5.80. The van der Waals surface area contributed by atoms with E-state index in [1.165, 1.54) is 90.3 Å². The highest BCUT2D eigenvalue weighted by Crippen LogP contribution is 2.28. The Morgan fingerprint density at radius 1 is 0.952 bits per heavy atom. The monoisotopic (exact) mass is 294 g/mol. The van der Waals surface area contributed by atoms with Gasteiger partial charge in [0.2, 0.25) is 0 Å². The highest BCUT2D eigenvalue weighted by atomic mass is 15.2. The molecule has 2 aliphatic rings. The highest BCUT2D eigenvalue weighted by Gasteiger charge is 2.31. The van der Waals surface area contributed by atoms with Gasteiger partial charge in [-0.3, -0.25) is 4.90 Å². The van der Waals surface area contributed by atoms with Crippen LogP contribution in [0.2, 0.25) is 0 Å². The summed E-state index contributed by atoms with van der Waals surface area (Å²) in [5.41, 5.74) is 0. The number of hydrogen-bond acceptors (Lipinski definition) is 2. The molecule has 0 aromatic heterocycles. The van der Waals surface area contributed by atoms with E-state index in [0.29, 0.717) is 0 Å². The average Bonchev–Trinajstić information content (AvgIpc) is 2.55. The summed E-state index contributed by atoms with van der Waals surface area (Å²) in [6.07, 6.45) is 15.7. The van der Waals surface area contributed by atoms with Gasteiger partial charge in [0, 0.05) is 25.2 Å². The normalized spacial score (nSPS) is 28.9. The third kappa shape index (κ3) is 5.56. The first-order chi connectivity index (χ1) is 10.3. The van der Waals surface area contributed by atoms with Crippen molar-refractivity contribution in [3.63, 3.8) is 0 Å². The molecule has 1 aliphatic heterocycles. The van der Waals surface area contributed by atoms with Crippen LogP contribution >= 0.6 is 0 Å². The topological polar surface area (TPSA) is 15.3 Å². The Balaban J connectivity index is 1.75. The van der Waals surface area contributed by atoms with E-state index in [0.717, 1.165) is 18.0 Å². The minimum atomic E-state index is 0.781. The molecule has 2 heteroatoms. The van der Waals surface area contributed by atoms with E-state index in [2.05, 4.69) is 24.1 Å². The van der Waals surface area contributed by atoms with Crippen molar-refractivity contribution in [3.05, 3.63) is 0 Å². The minimum Gasteiger partial charge on any atom is -0.311 e. The lowest BCUT2D eigenvalue weighted by molar-refractivity contribution is 0.0918. The van der Waals surface area contributed by atoms with Crippen LogP contribution in [-0.4, -0.2) is 36.6 Å². The lowest BCUT2D eigenvalue weighted by Gasteiger charge is -2.44. The molecule has 1 N–H and O–H groups in total. The fraction of sp³-hybridized carbons (Fsp3) is 1.00. The molecule has 1 saturated carbocycles. The van der Waals surface area contributed by atoms with Gasteiger partial charge in [-0.15, -0.1) is 0 Å². The van der Waals surface area contributed by atoms with Gasteiger partial charge in [0.1, 0.15) is 0 Å². The predicted octanol–water partition coefficient (Wildman–Crippen LogP) is 4.59. The molecule has 1 saturated heterocycles. The fourth-order valence-corrected chi connectivity index (χ4v) is 4.33. The van der Waals surface area contributed by atoms with E-state index in [9.17, 15) is 0 Å². The Bertz CT molecular complexity index is 260. The number of rotatable bonds is 8. The van der Waals surface area contributed by atoms with Gasteiger partial charge in [-0.05, 0) is 38.1 Å². The van der Waals surface area contributed by atoms with E-state index in [1.807, 2.05) is 0 Å². The first-order valence-electron chi connectivity index (χ1n) is 9.82. The van der Waals surface area contributed by atoms with E-state index >= 15 is 0 Å². The minimum absolute atomic E-state index is 0.781. The summed E-state index contributed by atoms with van der Waals surface area (Å²) in [5.74, 6) is 0.958. The van der Waals surface area contributed by atoms with Crippen LogP contribution in [0.25, 0.3) is 0 Å². The van der Waals surface area contributed by atoms with E-state index in [1.54, 1.807) is 0 Å². The summed E-state index contributed by atoms with van der Waals surface area (Å²) in [6.45, 7) is 8.55. The van der Waals surface area contributed by atoms with E-state index in [4.69, 9.17) is 0 Å². The van der Waals surface area contributed by atoms with Crippen LogP contribution in [0, 0.1) is 5.92 Å². The molecule has 2 rings (SSSR count). The molecule has 0 aromatic rings. The van der Waals surface area contributed by atoms with Gasteiger partial charge in [-0.2, -0.15) is 0 Å². The van der Waals surface area contributed by atoms with Crippen molar-refractivity contribution in [1.82, 2.24) is 10.2 Å². The standard InChI is InChI=1S/C19H38N2/c1-3-5-6-7-11-14-21-16-19(20-15-18(21)4-2)17-12-9-8-10-13-17/h17-20H,3-16H2,1-2H3. The van der Waals surface area contributed by atoms with Gasteiger partial charge in [-0.25, -0.2) is 0 Å². The van der Waals surface area contributed by atoms with Crippen molar-refractivity contribution in [2.45, 2.75) is 96.6 Å². The molecule has 0 radical (unpaired) electrons. The SMILES string of the molecule is CCCCCCCN1CC(C2CCCCC2)NCC1CC. The van der Waals surface area contributed by atoms with Gasteiger partial charge in [0.15, 0.2) is 0 Å². The summed E-state index contributed by atoms with van der Waals surface area (Å²) < 4.78 is 0. The van der Waals surface area contributed by atoms with Gasteiger partial charge >= 0.3 is 0 Å². The van der Waals surface area contributed by atoms with Crippen molar-refractivity contribution >= 4 is 0 Å². The molecular formula is C19H38N2.